The second-order valence-corrected chi connectivity index (χ2v) is 6.85. The number of hydrogen-bond acceptors (Lipinski definition) is 1. The van der Waals surface area contributed by atoms with Crippen molar-refractivity contribution in [2.24, 2.45) is 0 Å². The highest BCUT2D eigenvalue weighted by atomic mass is 16.3. The van der Waals surface area contributed by atoms with Crippen molar-refractivity contribution in [2.75, 3.05) is 0 Å². The Hall–Kier alpha value is -3.08. The first-order valence-corrected chi connectivity index (χ1v) is 9.38. The van der Waals surface area contributed by atoms with Crippen LogP contribution >= 0.6 is 0 Å². The van der Waals surface area contributed by atoms with E-state index in [-0.39, 0.29) is 0 Å². The van der Waals surface area contributed by atoms with Gasteiger partial charge in [-0.1, -0.05) is 109 Å². The van der Waals surface area contributed by atoms with Crippen molar-refractivity contribution in [1.82, 2.24) is 0 Å². The second-order valence-electron chi connectivity index (χ2n) is 6.85. The van der Waals surface area contributed by atoms with Gasteiger partial charge in [-0.25, -0.2) is 0 Å². The molecule has 0 radical (unpaired) electrons. The molecular weight excluding hydrogens is 328 g/mol. The third kappa shape index (κ3) is 3.33. The van der Waals surface area contributed by atoms with Gasteiger partial charge in [0.05, 0.1) is 6.10 Å². The highest BCUT2D eigenvalue weighted by Crippen LogP contribution is 2.39. The SMILES string of the molecule is OC1CCC=C1C#CC(c1ccccc1)(c1ccccc1)c1ccccc1. The van der Waals surface area contributed by atoms with E-state index in [1.165, 1.54) is 0 Å². The Morgan fingerprint density at radius 2 is 1.15 bits per heavy atom. The van der Waals surface area contributed by atoms with Crippen molar-refractivity contribution in [2.45, 2.75) is 24.4 Å². The van der Waals surface area contributed by atoms with Crippen LogP contribution in [0.2, 0.25) is 0 Å². The van der Waals surface area contributed by atoms with Crippen LogP contribution < -0.4 is 0 Å². The summed E-state index contributed by atoms with van der Waals surface area (Å²) in [5.74, 6) is 6.91. The van der Waals surface area contributed by atoms with Crippen LogP contribution in [0.15, 0.2) is 103 Å². The molecule has 0 saturated heterocycles. The molecule has 3 aromatic carbocycles. The normalized spacial score (nSPS) is 16.3. The minimum Gasteiger partial charge on any atom is -0.388 e. The third-order valence-corrected chi connectivity index (χ3v) is 5.18. The maximum absolute atomic E-state index is 10.2. The highest BCUT2D eigenvalue weighted by molar-refractivity contribution is 5.59. The first-order valence-electron chi connectivity index (χ1n) is 9.38. The molecule has 0 saturated carbocycles. The molecule has 1 aliphatic rings. The maximum atomic E-state index is 10.2. The van der Waals surface area contributed by atoms with E-state index in [1.807, 2.05) is 18.2 Å². The highest BCUT2D eigenvalue weighted by Gasteiger charge is 2.34. The van der Waals surface area contributed by atoms with Gasteiger partial charge in [0.25, 0.3) is 0 Å². The van der Waals surface area contributed by atoms with Gasteiger partial charge in [-0.05, 0) is 29.5 Å². The van der Waals surface area contributed by atoms with Gasteiger partial charge in [0.15, 0.2) is 0 Å². The van der Waals surface area contributed by atoms with Gasteiger partial charge in [0.1, 0.15) is 5.41 Å². The van der Waals surface area contributed by atoms with Crippen LogP contribution in [0.4, 0.5) is 0 Å². The Labute approximate surface area is 161 Å². The molecule has 0 heterocycles. The van der Waals surface area contributed by atoms with Gasteiger partial charge in [-0.2, -0.15) is 0 Å². The van der Waals surface area contributed by atoms with Crippen LogP contribution in [0.3, 0.4) is 0 Å². The van der Waals surface area contributed by atoms with Crippen molar-refractivity contribution in [3.8, 4) is 11.8 Å². The van der Waals surface area contributed by atoms with E-state index in [2.05, 4.69) is 90.7 Å². The second kappa shape index (κ2) is 7.66. The molecule has 1 aliphatic carbocycles. The zero-order valence-corrected chi connectivity index (χ0v) is 15.2. The van der Waals surface area contributed by atoms with E-state index in [1.54, 1.807) is 0 Å². The first-order chi connectivity index (χ1) is 13.3. The molecule has 27 heavy (non-hydrogen) atoms. The lowest BCUT2D eigenvalue weighted by molar-refractivity contribution is 0.216. The quantitative estimate of drug-likeness (QED) is 0.514. The minimum atomic E-state index is -0.590. The number of benzene rings is 3. The molecule has 132 valence electrons. The van der Waals surface area contributed by atoms with Crippen LogP contribution in [0.1, 0.15) is 29.5 Å². The van der Waals surface area contributed by atoms with E-state index >= 15 is 0 Å². The molecule has 0 spiro atoms. The lowest BCUT2D eigenvalue weighted by Crippen LogP contribution is -2.27. The Morgan fingerprint density at radius 3 is 1.52 bits per heavy atom. The molecule has 1 N–H and O–H groups in total. The molecule has 3 aromatic rings. The minimum absolute atomic E-state index is 0.447. The Kier molecular flexibility index (Phi) is 4.92. The van der Waals surface area contributed by atoms with Gasteiger partial charge in [-0.15, -0.1) is 0 Å². The lowest BCUT2D eigenvalue weighted by atomic mass is 9.70. The van der Waals surface area contributed by atoms with Crippen molar-refractivity contribution in [3.05, 3.63) is 119 Å². The van der Waals surface area contributed by atoms with Gasteiger partial charge in [0, 0.05) is 5.57 Å². The number of aliphatic hydroxyl groups excluding tert-OH is 1. The summed E-state index contributed by atoms with van der Waals surface area (Å²) in [6.07, 6.45) is 3.26. The zero-order chi connectivity index (χ0) is 18.5. The van der Waals surface area contributed by atoms with Crippen LogP contribution in [0, 0.1) is 11.8 Å². The molecule has 0 bridgehead atoms. The average Bonchev–Trinajstić information content (AvgIpc) is 3.16. The van der Waals surface area contributed by atoms with E-state index in [9.17, 15) is 5.11 Å². The molecule has 1 heteroatoms. The topological polar surface area (TPSA) is 20.2 Å². The van der Waals surface area contributed by atoms with Gasteiger partial charge >= 0.3 is 0 Å². The Bertz CT molecular complexity index is 879. The first kappa shape index (κ1) is 17.3. The predicted molar refractivity (Wildman–Crippen MR) is 110 cm³/mol. The Morgan fingerprint density at radius 1 is 0.704 bits per heavy atom. The number of rotatable bonds is 3. The van der Waals surface area contributed by atoms with Crippen molar-refractivity contribution < 1.29 is 5.11 Å². The fourth-order valence-corrected chi connectivity index (χ4v) is 3.77. The van der Waals surface area contributed by atoms with E-state index < -0.39 is 11.5 Å². The summed E-state index contributed by atoms with van der Waals surface area (Å²) in [5, 5.41) is 10.2. The van der Waals surface area contributed by atoms with Crippen LogP contribution in [-0.2, 0) is 5.41 Å². The summed E-state index contributed by atoms with van der Waals surface area (Å²) in [5.41, 5.74) is 3.63. The summed E-state index contributed by atoms with van der Waals surface area (Å²) in [6.45, 7) is 0. The molecule has 0 amide bonds. The lowest BCUT2D eigenvalue weighted by Gasteiger charge is -2.31. The average molecular weight is 350 g/mol. The summed E-state index contributed by atoms with van der Waals surface area (Å²) in [6, 6.07) is 31.2. The molecule has 0 aliphatic heterocycles. The summed E-state index contributed by atoms with van der Waals surface area (Å²) in [4.78, 5) is 0. The third-order valence-electron chi connectivity index (χ3n) is 5.18. The fourth-order valence-electron chi connectivity index (χ4n) is 3.77. The monoisotopic (exact) mass is 350 g/mol. The van der Waals surface area contributed by atoms with Gasteiger partial charge in [-0.3, -0.25) is 0 Å². The number of hydrogen-bond donors (Lipinski definition) is 1. The fraction of sp³-hybridized carbons (Fsp3) is 0.154. The standard InChI is InChI=1S/C26H22O/c27-25-18-10-11-21(25)19-20-26(22-12-4-1-5-13-22,23-14-6-2-7-15-23)24-16-8-3-9-17-24/h1-9,11-17,25,27H,10,18H2. The van der Waals surface area contributed by atoms with E-state index in [4.69, 9.17) is 0 Å². The molecule has 1 nitrogen and oxygen atoms in total. The summed E-state index contributed by atoms with van der Waals surface area (Å²) >= 11 is 0. The predicted octanol–water partition coefficient (Wildman–Crippen LogP) is 5.11. The van der Waals surface area contributed by atoms with Crippen LogP contribution in [-0.4, -0.2) is 11.2 Å². The maximum Gasteiger partial charge on any atom is 0.107 e. The molecule has 1 unspecified atom stereocenters. The smallest absolute Gasteiger partial charge is 0.107 e. The van der Waals surface area contributed by atoms with Crippen molar-refractivity contribution in [1.29, 1.82) is 0 Å². The molecule has 1 atom stereocenters. The number of allylic oxidation sites excluding steroid dienone is 1. The zero-order valence-electron chi connectivity index (χ0n) is 15.2. The van der Waals surface area contributed by atoms with E-state index in [0.717, 1.165) is 35.1 Å². The van der Waals surface area contributed by atoms with Gasteiger partial charge < -0.3 is 5.11 Å². The molecular formula is C26H22O. The molecule has 4 rings (SSSR count). The Balaban J connectivity index is 2.00. The van der Waals surface area contributed by atoms with Gasteiger partial charge in [0.2, 0.25) is 0 Å². The summed E-state index contributed by atoms with van der Waals surface area (Å²) in [7, 11) is 0. The largest absolute Gasteiger partial charge is 0.388 e. The summed E-state index contributed by atoms with van der Waals surface area (Å²) < 4.78 is 0. The van der Waals surface area contributed by atoms with Crippen LogP contribution in [0.5, 0.6) is 0 Å². The molecule has 0 aromatic heterocycles. The number of aliphatic hydroxyl groups is 1. The van der Waals surface area contributed by atoms with Crippen LogP contribution in [0.25, 0.3) is 0 Å². The molecule has 0 fully saturated rings. The van der Waals surface area contributed by atoms with Crippen molar-refractivity contribution >= 4 is 0 Å². The van der Waals surface area contributed by atoms with Crippen molar-refractivity contribution in [3.63, 3.8) is 0 Å². The van der Waals surface area contributed by atoms with E-state index in [0.29, 0.717) is 0 Å².